The topological polar surface area (TPSA) is 95.2 Å². The van der Waals surface area contributed by atoms with Crippen molar-refractivity contribution < 1.29 is 13.2 Å². The van der Waals surface area contributed by atoms with Crippen LogP contribution < -0.4 is 5.32 Å². The summed E-state index contributed by atoms with van der Waals surface area (Å²) in [6.07, 6.45) is 10.3. The van der Waals surface area contributed by atoms with Crippen LogP contribution in [0.4, 0.5) is 5.82 Å². The van der Waals surface area contributed by atoms with Crippen molar-refractivity contribution in [3.05, 3.63) is 16.8 Å². The smallest absolute Gasteiger partial charge is 0.239 e. The highest BCUT2D eigenvalue weighted by molar-refractivity contribution is 7.91. The van der Waals surface area contributed by atoms with Gasteiger partial charge in [0, 0.05) is 17.8 Å². The molecule has 2 fully saturated rings. The van der Waals surface area contributed by atoms with Crippen LogP contribution in [0, 0.1) is 37.5 Å². The van der Waals surface area contributed by atoms with Gasteiger partial charge in [-0.3, -0.25) is 9.69 Å². The zero-order chi connectivity index (χ0) is 21.2. The molecule has 29 heavy (non-hydrogen) atoms. The van der Waals surface area contributed by atoms with E-state index in [9.17, 15) is 18.5 Å². The quantitative estimate of drug-likeness (QED) is 0.717. The summed E-state index contributed by atoms with van der Waals surface area (Å²) in [6, 6.07) is 2.27. The number of rotatable bonds is 6. The molecule has 8 heteroatoms. The first kappa shape index (κ1) is 21.4. The fraction of sp³-hybridized carbons (Fsp3) is 0.619. The fourth-order valence-corrected chi connectivity index (χ4v) is 6.32. The summed E-state index contributed by atoms with van der Waals surface area (Å²) in [7, 11) is -3.07. The molecule has 1 aromatic heterocycles. The number of terminal acetylenes is 1. The van der Waals surface area contributed by atoms with E-state index in [1.54, 1.807) is 4.90 Å². The highest BCUT2D eigenvalue weighted by Crippen LogP contribution is 2.37. The van der Waals surface area contributed by atoms with E-state index in [2.05, 4.69) is 21.9 Å². The lowest BCUT2D eigenvalue weighted by molar-refractivity contribution is -0.117. The highest BCUT2D eigenvalue weighted by Gasteiger charge is 2.33. The van der Waals surface area contributed by atoms with Gasteiger partial charge in [0.05, 0.1) is 30.2 Å². The van der Waals surface area contributed by atoms with Crippen molar-refractivity contribution in [3.8, 4) is 18.4 Å². The van der Waals surface area contributed by atoms with Crippen LogP contribution in [0.25, 0.3) is 0 Å². The third-order valence-electron chi connectivity index (χ3n) is 6.18. The molecule has 2 heterocycles. The minimum Gasteiger partial charge on any atom is -0.327 e. The number of anilines is 1. The molecule has 1 aliphatic carbocycles. The number of hydrogen-bond acceptors (Lipinski definition) is 5. The largest absolute Gasteiger partial charge is 0.327 e. The lowest BCUT2D eigenvalue weighted by atomic mass is 10.2. The average molecular weight is 417 g/mol. The molecule has 0 bridgehead atoms. The first-order chi connectivity index (χ1) is 13.8. The number of hydrogen-bond donors (Lipinski definition) is 1. The van der Waals surface area contributed by atoms with Crippen LogP contribution in [0.5, 0.6) is 0 Å². The Labute approximate surface area is 173 Å². The normalized spacial score (nSPS) is 21.2. The van der Waals surface area contributed by atoms with Gasteiger partial charge in [0.2, 0.25) is 5.91 Å². The molecule has 0 spiro atoms. The number of nitriles is 1. The molecule has 2 aliphatic rings. The second-order valence-corrected chi connectivity index (χ2v) is 10.3. The first-order valence-corrected chi connectivity index (χ1v) is 11.9. The minimum absolute atomic E-state index is 0.00317. The number of nitrogens with zero attached hydrogens (tertiary/aromatic N) is 3. The van der Waals surface area contributed by atoms with Crippen LogP contribution in [-0.4, -0.2) is 54.4 Å². The average Bonchev–Trinajstić information content (AvgIpc) is 3.35. The lowest BCUT2D eigenvalue weighted by Gasteiger charge is -2.26. The Bertz CT molecular complexity index is 975. The Morgan fingerprint density at radius 3 is 2.55 bits per heavy atom. The molecule has 1 aromatic rings. The van der Waals surface area contributed by atoms with Gasteiger partial charge in [-0.2, -0.15) is 5.26 Å². The summed E-state index contributed by atoms with van der Waals surface area (Å²) in [5.41, 5.74) is 2.39. The molecule has 7 nitrogen and oxygen atoms in total. The van der Waals surface area contributed by atoms with Crippen LogP contribution in [-0.2, 0) is 14.6 Å². The van der Waals surface area contributed by atoms with E-state index in [0.717, 1.165) is 36.9 Å². The Hall–Kier alpha value is -2.29. The first-order valence-electron chi connectivity index (χ1n) is 10.1. The zero-order valence-corrected chi connectivity index (χ0v) is 17.9. The van der Waals surface area contributed by atoms with E-state index in [4.69, 9.17) is 6.42 Å². The van der Waals surface area contributed by atoms with Crippen molar-refractivity contribution in [2.75, 3.05) is 29.9 Å². The minimum atomic E-state index is -3.07. The van der Waals surface area contributed by atoms with Gasteiger partial charge in [0.25, 0.3) is 0 Å². The lowest BCUT2D eigenvalue weighted by Crippen LogP contribution is -2.42. The van der Waals surface area contributed by atoms with Crippen LogP contribution in [0.2, 0.25) is 0 Å². The van der Waals surface area contributed by atoms with E-state index in [1.807, 2.05) is 13.8 Å². The van der Waals surface area contributed by atoms with Gasteiger partial charge in [-0.25, -0.2) is 8.42 Å². The van der Waals surface area contributed by atoms with Gasteiger partial charge < -0.3 is 9.88 Å². The van der Waals surface area contributed by atoms with Gasteiger partial charge in [0.15, 0.2) is 9.84 Å². The molecule has 1 saturated heterocycles. The van der Waals surface area contributed by atoms with Crippen molar-refractivity contribution in [2.24, 2.45) is 0 Å². The molecule has 156 valence electrons. The number of carbonyl (C=O) groups is 1. The van der Waals surface area contributed by atoms with E-state index < -0.39 is 9.84 Å². The predicted octanol–water partition coefficient (Wildman–Crippen LogP) is 2.15. The maximum Gasteiger partial charge on any atom is 0.239 e. The van der Waals surface area contributed by atoms with Crippen LogP contribution in [0.3, 0.4) is 0 Å². The molecule has 1 saturated carbocycles. The summed E-state index contributed by atoms with van der Waals surface area (Å²) in [5.74, 6) is 2.96. The third-order valence-corrected chi connectivity index (χ3v) is 7.93. The number of aromatic nitrogens is 1. The van der Waals surface area contributed by atoms with Crippen molar-refractivity contribution in [1.29, 1.82) is 5.26 Å². The standard InChI is InChI=1S/C21H28N4O3S/c1-4-10-24(18-9-11-29(27,28)14-18)13-20(26)23-21-19(12-22)15(2)16(3)25(21)17-7-5-6-8-17/h1,17-18H,5-11,13-14H2,2-3H3,(H,23,26). The van der Waals surface area contributed by atoms with E-state index in [1.165, 1.54) is 0 Å². The highest BCUT2D eigenvalue weighted by atomic mass is 32.2. The van der Waals surface area contributed by atoms with Crippen molar-refractivity contribution in [2.45, 2.75) is 58.0 Å². The van der Waals surface area contributed by atoms with Gasteiger partial charge >= 0.3 is 0 Å². The maximum absolute atomic E-state index is 12.9. The molecule has 1 unspecified atom stereocenters. The van der Waals surface area contributed by atoms with E-state index in [-0.39, 0.29) is 42.6 Å². The molecule has 1 N–H and O–H groups in total. The second-order valence-electron chi connectivity index (χ2n) is 8.07. The van der Waals surface area contributed by atoms with Gasteiger partial charge in [0.1, 0.15) is 11.9 Å². The summed E-state index contributed by atoms with van der Waals surface area (Å²) >= 11 is 0. The van der Waals surface area contributed by atoms with Crippen molar-refractivity contribution >= 4 is 21.6 Å². The maximum atomic E-state index is 12.9. The van der Waals surface area contributed by atoms with Gasteiger partial charge in [-0.05, 0) is 38.7 Å². The Morgan fingerprint density at radius 1 is 1.31 bits per heavy atom. The van der Waals surface area contributed by atoms with E-state index in [0.29, 0.717) is 17.8 Å². The predicted molar refractivity (Wildman–Crippen MR) is 112 cm³/mol. The Balaban J connectivity index is 1.82. The molecular formula is C21H28N4O3S. The fourth-order valence-electron chi connectivity index (χ4n) is 4.56. The zero-order valence-electron chi connectivity index (χ0n) is 17.1. The number of nitrogens with one attached hydrogen (secondary N) is 1. The number of sulfone groups is 1. The number of carbonyl (C=O) groups excluding carboxylic acids is 1. The van der Waals surface area contributed by atoms with Crippen molar-refractivity contribution in [1.82, 2.24) is 9.47 Å². The molecule has 3 rings (SSSR count). The second kappa shape index (κ2) is 8.61. The summed E-state index contributed by atoms with van der Waals surface area (Å²) in [5, 5.41) is 12.6. The number of amides is 1. The van der Waals surface area contributed by atoms with E-state index >= 15 is 0 Å². The summed E-state index contributed by atoms with van der Waals surface area (Å²) in [6.45, 7) is 4.10. The van der Waals surface area contributed by atoms with Gasteiger partial charge in [-0.15, -0.1) is 6.42 Å². The SMILES string of the molecule is C#CCN(CC(=O)Nc1c(C#N)c(C)c(C)n1C1CCCC1)C1CCS(=O)(=O)C1. The molecule has 1 amide bonds. The molecular weight excluding hydrogens is 388 g/mol. The molecule has 1 atom stereocenters. The summed E-state index contributed by atoms with van der Waals surface area (Å²) in [4.78, 5) is 14.6. The molecule has 0 radical (unpaired) electrons. The molecule has 0 aromatic carbocycles. The third kappa shape index (κ3) is 4.49. The summed E-state index contributed by atoms with van der Waals surface area (Å²) < 4.78 is 25.7. The Morgan fingerprint density at radius 2 is 2.00 bits per heavy atom. The Kier molecular flexibility index (Phi) is 6.36. The van der Waals surface area contributed by atoms with Crippen molar-refractivity contribution in [3.63, 3.8) is 0 Å². The van der Waals surface area contributed by atoms with Crippen LogP contribution in [0.15, 0.2) is 0 Å². The monoisotopic (exact) mass is 416 g/mol. The van der Waals surface area contributed by atoms with Gasteiger partial charge in [-0.1, -0.05) is 18.8 Å². The van der Waals surface area contributed by atoms with Crippen LogP contribution in [0.1, 0.15) is 55.0 Å². The molecule has 1 aliphatic heterocycles. The van der Waals surface area contributed by atoms with Crippen LogP contribution >= 0.6 is 0 Å².